The first-order valence-corrected chi connectivity index (χ1v) is 6.04. The lowest BCUT2D eigenvalue weighted by atomic mass is 10.1. The molecule has 1 aliphatic heterocycles. The molecule has 1 fully saturated rings. The van der Waals surface area contributed by atoms with E-state index in [1.807, 2.05) is 0 Å². The third-order valence-electron chi connectivity index (χ3n) is 2.80. The quantitative estimate of drug-likeness (QED) is 0.886. The number of hydrogen-bond donors (Lipinski definition) is 1. The van der Waals surface area contributed by atoms with Crippen molar-refractivity contribution in [2.45, 2.75) is 18.9 Å². The summed E-state index contributed by atoms with van der Waals surface area (Å²) in [5, 5.41) is 11.6. The number of hydrogen-bond acceptors (Lipinski definition) is 4. The third-order valence-corrected chi connectivity index (χ3v) is 3.26. The van der Waals surface area contributed by atoms with E-state index in [0.717, 1.165) is 31.6 Å². The van der Waals surface area contributed by atoms with Crippen LogP contribution in [0.3, 0.4) is 0 Å². The van der Waals surface area contributed by atoms with Crippen LogP contribution in [0.1, 0.15) is 12.8 Å². The van der Waals surface area contributed by atoms with E-state index in [-0.39, 0.29) is 0 Å². The Morgan fingerprint density at radius 3 is 2.69 bits per heavy atom. The normalized spacial score (nSPS) is 18.7. The van der Waals surface area contributed by atoms with Crippen molar-refractivity contribution in [3.63, 3.8) is 0 Å². The van der Waals surface area contributed by atoms with Crippen molar-refractivity contribution >= 4 is 28.9 Å². The number of halogens is 2. The van der Waals surface area contributed by atoms with Crippen molar-refractivity contribution in [3.05, 3.63) is 16.4 Å². The van der Waals surface area contributed by atoms with Crippen LogP contribution in [-0.2, 0) is 0 Å². The van der Waals surface area contributed by atoms with Gasteiger partial charge >= 0.3 is 0 Å². The standard InChI is InChI=1S/C10H14Cl2N4/c1-16-4-2-7(3-5-16)13-8-6-9(11)14-15-10(8)12/h6-7H,2-5H2,1H3,(H,13,14). The smallest absolute Gasteiger partial charge is 0.174 e. The van der Waals surface area contributed by atoms with Gasteiger partial charge in [0.1, 0.15) is 0 Å². The summed E-state index contributed by atoms with van der Waals surface area (Å²) in [6.45, 7) is 2.20. The molecule has 1 aromatic rings. The Bertz CT molecular complexity index is 364. The number of likely N-dealkylation sites (tertiary alicyclic amines) is 1. The molecule has 1 aliphatic rings. The molecular formula is C10H14Cl2N4. The van der Waals surface area contributed by atoms with E-state index in [0.29, 0.717) is 16.3 Å². The van der Waals surface area contributed by atoms with Crippen LogP contribution in [-0.4, -0.2) is 41.3 Å². The zero-order chi connectivity index (χ0) is 11.5. The van der Waals surface area contributed by atoms with E-state index >= 15 is 0 Å². The highest BCUT2D eigenvalue weighted by atomic mass is 35.5. The molecule has 0 saturated carbocycles. The SMILES string of the molecule is CN1CCC(Nc2cc(Cl)nnc2Cl)CC1. The minimum absolute atomic E-state index is 0.361. The molecule has 88 valence electrons. The maximum Gasteiger partial charge on any atom is 0.174 e. The molecule has 1 aromatic heterocycles. The lowest BCUT2D eigenvalue weighted by Gasteiger charge is -2.30. The monoisotopic (exact) mass is 260 g/mol. The average Bonchev–Trinajstić information content (AvgIpc) is 2.27. The largest absolute Gasteiger partial charge is 0.380 e. The molecular weight excluding hydrogens is 247 g/mol. The number of nitrogens with one attached hydrogen (secondary N) is 1. The molecule has 0 aromatic carbocycles. The molecule has 0 unspecified atom stereocenters. The maximum absolute atomic E-state index is 5.94. The van der Waals surface area contributed by atoms with Gasteiger partial charge in [-0.25, -0.2) is 0 Å². The fraction of sp³-hybridized carbons (Fsp3) is 0.600. The summed E-state index contributed by atoms with van der Waals surface area (Å²) >= 11 is 11.7. The minimum Gasteiger partial charge on any atom is -0.380 e. The highest BCUT2D eigenvalue weighted by molar-refractivity contribution is 6.33. The second kappa shape index (κ2) is 5.17. The lowest BCUT2D eigenvalue weighted by molar-refractivity contribution is 0.264. The molecule has 0 bridgehead atoms. The van der Waals surface area contributed by atoms with Crippen molar-refractivity contribution in [1.29, 1.82) is 0 Å². The Morgan fingerprint density at radius 1 is 1.31 bits per heavy atom. The van der Waals surface area contributed by atoms with Crippen molar-refractivity contribution in [2.24, 2.45) is 0 Å². The van der Waals surface area contributed by atoms with Gasteiger partial charge < -0.3 is 10.2 Å². The van der Waals surface area contributed by atoms with Gasteiger partial charge in [-0.15, -0.1) is 10.2 Å². The molecule has 0 radical (unpaired) electrons. The zero-order valence-corrected chi connectivity index (χ0v) is 10.6. The molecule has 2 heterocycles. The summed E-state index contributed by atoms with van der Waals surface area (Å²) in [5.41, 5.74) is 0.774. The molecule has 4 nitrogen and oxygen atoms in total. The first kappa shape index (κ1) is 11.9. The summed E-state index contributed by atoms with van der Waals surface area (Å²) in [5.74, 6) is 0. The van der Waals surface area contributed by atoms with Gasteiger partial charge in [0.2, 0.25) is 0 Å². The van der Waals surface area contributed by atoms with Crippen LogP contribution in [0.5, 0.6) is 0 Å². The van der Waals surface area contributed by atoms with Crippen LogP contribution >= 0.6 is 23.2 Å². The van der Waals surface area contributed by atoms with E-state index < -0.39 is 0 Å². The number of rotatable bonds is 2. The Balaban J connectivity index is 2.00. The summed E-state index contributed by atoms with van der Waals surface area (Å²) in [6, 6.07) is 2.16. The van der Waals surface area contributed by atoms with Crippen LogP contribution in [0.15, 0.2) is 6.07 Å². The first-order valence-electron chi connectivity index (χ1n) is 5.29. The van der Waals surface area contributed by atoms with E-state index in [2.05, 4.69) is 27.5 Å². The van der Waals surface area contributed by atoms with Gasteiger partial charge in [0.15, 0.2) is 10.3 Å². The number of piperidine rings is 1. The van der Waals surface area contributed by atoms with Crippen LogP contribution in [0.2, 0.25) is 10.3 Å². The second-order valence-electron chi connectivity index (χ2n) is 4.09. The highest BCUT2D eigenvalue weighted by Gasteiger charge is 2.17. The van der Waals surface area contributed by atoms with Crippen LogP contribution in [0, 0.1) is 0 Å². The molecule has 1 N–H and O–H groups in total. The Morgan fingerprint density at radius 2 is 2.00 bits per heavy atom. The first-order chi connectivity index (χ1) is 7.65. The highest BCUT2D eigenvalue weighted by Crippen LogP contribution is 2.23. The zero-order valence-electron chi connectivity index (χ0n) is 9.08. The maximum atomic E-state index is 5.94. The number of nitrogens with zero attached hydrogens (tertiary/aromatic N) is 3. The predicted octanol–water partition coefficient (Wildman–Crippen LogP) is 2.29. The molecule has 0 aliphatic carbocycles. The Labute approximate surface area is 105 Å². The van der Waals surface area contributed by atoms with Crippen LogP contribution in [0.25, 0.3) is 0 Å². The van der Waals surface area contributed by atoms with E-state index in [9.17, 15) is 0 Å². The van der Waals surface area contributed by atoms with Crippen LogP contribution in [0.4, 0.5) is 5.69 Å². The predicted molar refractivity (Wildman–Crippen MR) is 66.2 cm³/mol. The molecule has 0 amide bonds. The molecule has 6 heteroatoms. The average molecular weight is 261 g/mol. The number of anilines is 1. The summed E-state index contributed by atoms with van der Waals surface area (Å²) < 4.78 is 0. The molecule has 2 rings (SSSR count). The van der Waals surface area contributed by atoms with Gasteiger partial charge in [-0.2, -0.15) is 0 Å². The molecule has 1 saturated heterocycles. The summed E-state index contributed by atoms with van der Waals surface area (Å²) in [6.07, 6.45) is 2.21. The van der Waals surface area contributed by atoms with Crippen molar-refractivity contribution in [2.75, 3.05) is 25.5 Å². The molecule has 16 heavy (non-hydrogen) atoms. The van der Waals surface area contributed by atoms with Crippen molar-refractivity contribution in [3.8, 4) is 0 Å². The number of aromatic nitrogens is 2. The fourth-order valence-corrected chi connectivity index (χ4v) is 2.12. The van der Waals surface area contributed by atoms with Gasteiger partial charge in [0, 0.05) is 12.1 Å². The summed E-state index contributed by atoms with van der Waals surface area (Å²) in [4.78, 5) is 2.32. The fourth-order valence-electron chi connectivity index (χ4n) is 1.83. The lowest BCUT2D eigenvalue weighted by Crippen LogP contribution is -2.36. The van der Waals surface area contributed by atoms with Crippen molar-refractivity contribution < 1.29 is 0 Å². The van der Waals surface area contributed by atoms with Gasteiger partial charge in [0.05, 0.1) is 5.69 Å². The molecule has 0 atom stereocenters. The second-order valence-corrected chi connectivity index (χ2v) is 4.84. The topological polar surface area (TPSA) is 41.0 Å². The van der Waals surface area contributed by atoms with E-state index in [4.69, 9.17) is 23.2 Å². The van der Waals surface area contributed by atoms with Gasteiger partial charge in [-0.05, 0) is 33.0 Å². The van der Waals surface area contributed by atoms with Crippen LogP contribution < -0.4 is 5.32 Å². The Hall–Kier alpha value is -0.580. The van der Waals surface area contributed by atoms with E-state index in [1.54, 1.807) is 6.07 Å². The molecule has 0 spiro atoms. The van der Waals surface area contributed by atoms with Gasteiger partial charge in [0.25, 0.3) is 0 Å². The van der Waals surface area contributed by atoms with Gasteiger partial charge in [-0.1, -0.05) is 23.2 Å². The summed E-state index contributed by atoms with van der Waals surface area (Å²) in [7, 11) is 2.13. The Kier molecular flexibility index (Phi) is 3.84. The van der Waals surface area contributed by atoms with E-state index in [1.165, 1.54) is 0 Å². The minimum atomic E-state index is 0.361. The third kappa shape index (κ3) is 2.97. The van der Waals surface area contributed by atoms with Gasteiger partial charge in [-0.3, -0.25) is 0 Å². The van der Waals surface area contributed by atoms with Crippen molar-refractivity contribution in [1.82, 2.24) is 15.1 Å².